The van der Waals surface area contributed by atoms with Gasteiger partial charge >= 0.3 is 0 Å². The molecule has 5 nitrogen and oxygen atoms in total. The molecule has 0 spiro atoms. The van der Waals surface area contributed by atoms with Gasteiger partial charge in [-0.3, -0.25) is 4.79 Å². The summed E-state index contributed by atoms with van der Waals surface area (Å²) in [6.45, 7) is 10.6. The van der Waals surface area contributed by atoms with Crippen molar-refractivity contribution in [2.45, 2.75) is 53.1 Å². The molecule has 0 fully saturated rings. The van der Waals surface area contributed by atoms with E-state index in [0.717, 1.165) is 12.1 Å². The number of halogens is 2. The van der Waals surface area contributed by atoms with E-state index >= 15 is 0 Å². The topological polar surface area (TPSA) is 64.1 Å². The van der Waals surface area contributed by atoms with E-state index in [4.69, 9.17) is 4.74 Å². The molecule has 7 heteroatoms. The zero-order valence-electron chi connectivity index (χ0n) is 15.8. The lowest BCUT2D eigenvalue weighted by atomic mass is 10.0. The minimum atomic E-state index is -0.889. The fourth-order valence-electron chi connectivity index (χ4n) is 2.34. The largest absolute Gasteiger partial charge is 0.482 e. The lowest BCUT2D eigenvalue weighted by Gasteiger charge is -2.22. The predicted octanol–water partition coefficient (Wildman–Crippen LogP) is 4.62. The highest BCUT2D eigenvalue weighted by atomic mass is 19.1. The Balaban J connectivity index is 2.31. The second-order valence-corrected chi connectivity index (χ2v) is 7.31. The van der Waals surface area contributed by atoms with Crippen LogP contribution < -0.4 is 10.1 Å². The van der Waals surface area contributed by atoms with Gasteiger partial charge in [-0.25, -0.2) is 18.7 Å². The van der Waals surface area contributed by atoms with Crippen molar-refractivity contribution in [3.8, 4) is 5.75 Å². The number of nitrogens with one attached hydrogen (secondary N) is 1. The Labute approximate surface area is 151 Å². The van der Waals surface area contributed by atoms with Gasteiger partial charge in [0, 0.05) is 24.0 Å². The molecule has 0 saturated heterocycles. The molecule has 1 heterocycles. The van der Waals surface area contributed by atoms with Crippen LogP contribution in [0.1, 0.15) is 62.4 Å². The molecule has 1 aromatic heterocycles. The first-order valence-electron chi connectivity index (χ1n) is 8.31. The van der Waals surface area contributed by atoms with Crippen LogP contribution in [-0.4, -0.2) is 21.5 Å². The average Bonchev–Trinajstić information content (AvgIpc) is 2.49. The molecule has 0 aliphatic carbocycles. The van der Waals surface area contributed by atoms with Crippen molar-refractivity contribution >= 4 is 11.6 Å². The number of carbonyl (C=O) groups excluding carboxylic acids is 1. The number of ether oxygens (including phenoxy) is 1. The summed E-state index contributed by atoms with van der Waals surface area (Å²) in [7, 11) is 0. The fourth-order valence-corrected chi connectivity index (χ4v) is 2.34. The Morgan fingerprint density at radius 1 is 1.19 bits per heavy atom. The van der Waals surface area contributed by atoms with Crippen LogP contribution in [0.5, 0.6) is 5.75 Å². The smallest absolute Gasteiger partial charge is 0.259 e. The predicted molar refractivity (Wildman–Crippen MR) is 95.6 cm³/mol. The van der Waals surface area contributed by atoms with Gasteiger partial charge in [0.05, 0.1) is 11.3 Å². The first-order valence-corrected chi connectivity index (χ1v) is 8.31. The van der Waals surface area contributed by atoms with Crippen LogP contribution >= 0.6 is 0 Å². The molecule has 1 amide bonds. The van der Waals surface area contributed by atoms with Crippen LogP contribution in [0.15, 0.2) is 18.3 Å². The average molecular weight is 363 g/mol. The molecular formula is C19H23F2N3O2. The van der Waals surface area contributed by atoms with Crippen LogP contribution in [0.2, 0.25) is 0 Å². The van der Waals surface area contributed by atoms with Crippen LogP contribution in [-0.2, 0) is 0 Å². The number of rotatable bonds is 4. The Bertz CT molecular complexity index is 807. The van der Waals surface area contributed by atoms with Crippen molar-refractivity contribution in [2.75, 3.05) is 5.32 Å². The Morgan fingerprint density at radius 2 is 1.77 bits per heavy atom. The number of nitrogens with zero attached hydrogens (tertiary/aromatic N) is 2. The van der Waals surface area contributed by atoms with Crippen molar-refractivity contribution in [3.05, 3.63) is 47.0 Å². The highest BCUT2D eigenvalue weighted by Gasteiger charge is 2.21. The van der Waals surface area contributed by atoms with Crippen molar-refractivity contribution < 1.29 is 18.3 Å². The van der Waals surface area contributed by atoms with E-state index in [-0.39, 0.29) is 17.2 Å². The van der Waals surface area contributed by atoms with E-state index in [1.54, 1.807) is 27.7 Å². The monoisotopic (exact) mass is 363 g/mol. The number of hydrogen-bond donors (Lipinski definition) is 1. The van der Waals surface area contributed by atoms with Crippen molar-refractivity contribution in [1.82, 2.24) is 9.97 Å². The van der Waals surface area contributed by atoms with Crippen LogP contribution in [0.3, 0.4) is 0 Å². The summed E-state index contributed by atoms with van der Waals surface area (Å²) in [5.41, 5.74) is 0.0734. The number of aryl methyl sites for hydroxylation is 1. The van der Waals surface area contributed by atoms with E-state index in [1.165, 1.54) is 6.20 Å². The lowest BCUT2D eigenvalue weighted by Crippen LogP contribution is -2.24. The Hall–Kier alpha value is -2.57. The van der Waals surface area contributed by atoms with E-state index in [2.05, 4.69) is 15.3 Å². The summed E-state index contributed by atoms with van der Waals surface area (Å²) in [5, 5.41) is 2.49. The molecule has 0 aliphatic heterocycles. The van der Waals surface area contributed by atoms with Crippen molar-refractivity contribution in [2.24, 2.45) is 0 Å². The summed E-state index contributed by atoms with van der Waals surface area (Å²) >= 11 is 0. The molecule has 0 unspecified atom stereocenters. The van der Waals surface area contributed by atoms with Gasteiger partial charge in [-0.05, 0) is 33.6 Å². The number of hydrogen-bond acceptors (Lipinski definition) is 4. The number of benzene rings is 1. The molecule has 1 aromatic carbocycles. The number of aromatic nitrogens is 2. The summed E-state index contributed by atoms with van der Waals surface area (Å²) < 4.78 is 33.7. The number of anilines is 1. The molecule has 0 radical (unpaired) electrons. The fraction of sp³-hybridized carbons (Fsp3) is 0.421. The number of amides is 1. The molecule has 26 heavy (non-hydrogen) atoms. The lowest BCUT2D eigenvalue weighted by molar-refractivity contribution is 0.102. The minimum absolute atomic E-state index is 0.00603. The van der Waals surface area contributed by atoms with Gasteiger partial charge in [-0.2, -0.15) is 0 Å². The molecule has 2 rings (SSSR count). The Morgan fingerprint density at radius 3 is 2.27 bits per heavy atom. The van der Waals surface area contributed by atoms with Gasteiger partial charge in [0.2, 0.25) is 0 Å². The quantitative estimate of drug-likeness (QED) is 0.861. The Kier molecular flexibility index (Phi) is 5.59. The zero-order chi connectivity index (χ0) is 19.6. The van der Waals surface area contributed by atoms with E-state index in [0.29, 0.717) is 11.5 Å². The standard InChI is InChI=1S/C19H23F2N3O2/c1-10(2)16-13(9-22-11(3)23-16)18(25)24-12-7-14(20)17(15(21)8-12)26-19(4,5)6/h7-10H,1-6H3,(H,24,25). The minimum Gasteiger partial charge on any atom is -0.482 e. The third-order valence-corrected chi connectivity index (χ3v) is 3.39. The normalized spacial score (nSPS) is 11.6. The third-order valence-electron chi connectivity index (χ3n) is 3.39. The molecule has 0 aliphatic rings. The maximum absolute atomic E-state index is 14.2. The first kappa shape index (κ1) is 19.8. The molecule has 2 aromatic rings. The SMILES string of the molecule is Cc1ncc(C(=O)Nc2cc(F)c(OC(C)(C)C)c(F)c2)c(C(C)C)n1. The molecule has 1 N–H and O–H groups in total. The zero-order valence-corrected chi connectivity index (χ0v) is 15.8. The van der Waals surface area contributed by atoms with E-state index in [1.807, 2.05) is 13.8 Å². The summed E-state index contributed by atoms with van der Waals surface area (Å²) in [5.74, 6) is -2.24. The van der Waals surface area contributed by atoms with E-state index in [9.17, 15) is 13.6 Å². The van der Waals surface area contributed by atoms with Gasteiger partial charge in [0.15, 0.2) is 17.4 Å². The van der Waals surface area contributed by atoms with Gasteiger partial charge in [-0.15, -0.1) is 0 Å². The molecule has 0 saturated carbocycles. The molecule has 140 valence electrons. The maximum atomic E-state index is 14.2. The van der Waals surface area contributed by atoms with Crippen LogP contribution in [0.4, 0.5) is 14.5 Å². The second-order valence-electron chi connectivity index (χ2n) is 7.31. The maximum Gasteiger partial charge on any atom is 0.259 e. The van der Waals surface area contributed by atoms with E-state index < -0.39 is 28.9 Å². The van der Waals surface area contributed by atoms with Gasteiger partial charge in [0.25, 0.3) is 5.91 Å². The van der Waals surface area contributed by atoms with Crippen molar-refractivity contribution in [1.29, 1.82) is 0 Å². The second kappa shape index (κ2) is 7.35. The van der Waals surface area contributed by atoms with Gasteiger partial charge < -0.3 is 10.1 Å². The third kappa shape index (κ3) is 4.74. The highest BCUT2D eigenvalue weighted by molar-refractivity contribution is 6.05. The van der Waals surface area contributed by atoms with Crippen molar-refractivity contribution in [3.63, 3.8) is 0 Å². The van der Waals surface area contributed by atoms with Gasteiger partial charge in [-0.1, -0.05) is 13.8 Å². The molecule has 0 atom stereocenters. The van der Waals surface area contributed by atoms with Gasteiger partial charge in [0.1, 0.15) is 11.4 Å². The summed E-state index contributed by atoms with van der Waals surface area (Å²) in [6, 6.07) is 2.04. The summed E-state index contributed by atoms with van der Waals surface area (Å²) in [6.07, 6.45) is 1.41. The molecule has 0 bridgehead atoms. The molecular weight excluding hydrogens is 340 g/mol. The highest BCUT2D eigenvalue weighted by Crippen LogP contribution is 2.29. The number of carbonyl (C=O) groups is 1. The first-order chi connectivity index (χ1) is 12.0. The summed E-state index contributed by atoms with van der Waals surface area (Å²) in [4.78, 5) is 20.8. The van der Waals surface area contributed by atoms with Crippen LogP contribution in [0.25, 0.3) is 0 Å². The van der Waals surface area contributed by atoms with Crippen LogP contribution in [0, 0.1) is 18.6 Å².